The van der Waals surface area contributed by atoms with E-state index in [4.69, 9.17) is 38.3 Å². The van der Waals surface area contributed by atoms with Gasteiger partial charge in [0.05, 0.1) is 46.7 Å². The third kappa shape index (κ3) is 24.9. The molecule has 0 spiro atoms. The maximum Gasteiger partial charge on any atom is 0.410 e. The molecule has 1 N–H and O–H groups in total. The molecule has 2 aliphatic rings. The normalized spacial score (nSPS) is 20.4. The number of hydrogen-bond donors (Lipinski definition) is 1. The number of allylic oxidation sites excluding steroid dienone is 1. The molecule has 2 unspecified atom stereocenters. The highest BCUT2D eigenvalue weighted by Crippen LogP contribution is 2.41. The lowest BCUT2D eigenvalue weighted by atomic mass is 9.78. The number of esters is 4. The number of ether oxygens (including phenoxy) is 8. The van der Waals surface area contributed by atoms with Crippen LogP contribution in [0.2, 0.25) is 0 Å². The minimum atomic E-state index is -1.52. The first-order chi connectivity index (χ1) is 40.8. The third-order valence-electron chi connectivity index (χ3n) is 15.4. The zero-order valence-corrected chi connectivity index (χ0v) is 51.8. The van der Waals surface area contributed by atoms with Crippen LogP contribution >= 0.6 is 0 Å². The molecule has 0 saturated carbocycles. The van der Waals surface area contributed by atoms with Gasteiger partial charge < -0.3 is 47.9 Å². The molecule has 6 rings (SSSR count). The Kier molecular flexibility index (Phi) is 31.7. The van der Waals surface area contributed by atoms with Crippen molar-refractivity contribution in [2.45, 2.75) is 138 Å². The van der Waals surface area contributed by atoms with Gasteiger partial charge in [-0.1, -0.05) is 163 Å². The first kappa shape index (κ1) is 70.6. The fourth-order valence-corrected chi connectivity index (χ4v) is 10.2. The van der Waals surface area contributed by atoms with E-state index in [0.29, 0.717) is 39.1 Å². The Labute approximate surface area is 504 Å². The van der Waals surface area contributed by atoms with E-state index in [0.717, 1.165) is 61.9 Å². The van der Waals surface area contributed by atoms with Crippen molar-refractivity contribution in [3.63, 3.8) is 0 Å². The van der Waals surface area contributed by atoms with Crippen LogP contribution in [-0.4, -0.2) is 129 Å². The van der Waals surface area contributed by atoms with Gasteiger partial charge in [0.2, 0.25) is 5.76 Å². The van der Waals surface area contributed by atoms with Crippen LogP contribution in [0.15, 0.2) is 133 Å². The monoisotopic (exact) mass is 1180 g/mol. The van der Waals surface area contributed by atoms with Gasteiger partial charge in [-0.2, -0.15) is 0 Å². The zero-order chi connectivity index (χ0) is 62.2. The molecule has 4 aromatic rings. The molecule has 466 valence electrons. The average molecular weight is 1180 g/mol. The van der Waals surface area contributed by atoms with Crippen LogP contribution in [0.25, 0.3) is 0 Å². The average Bonchev–Trinajstić information content (AvgIpc) is 2.34. The van der Waals surface area contributed by atoms with Crippen molar-refractivity contribution in [3.8, 4) is 0 Å². The molecular formula is C68H94N2O15. The number of aliphatic hydroxyl groups is 1. The van der Waals surface area contributed by atoms with Crippen LogP contribution in [0.3, 0.4) is 0 Å². The minimum absolute atomic E-state index is 0.00899. The van der Waals surface area contributed by atoms with Gasteiger partial charge in [0.1, 0.15) is 12.7 Å². The van der Waals surface area contributed by atoms with Gasteiger partial charge >= 0.3 is 30.0 Å². The van der Waals surface area contributed by atoms with E-state index >= 15 is 0 Å². The number of amides is 1. The standard InChI is InChI=1S/C34H47NO8.C20H25NO2.C14H22O5/c1-25-21-34(32(37)39-5,43-31(27(25)3)26(2)23-40-28(4)36)42-20-14-8-13-19-35(22-29-15-9-6-10-16-29)33(38)41-24-30-17-11-7-12-18-30;22-15-9-3-8-14-21(16-18-10-4-1-5-11-18)17-20(23)19-12-6-2-7-13-19;1-8-6-12(14(16)17-5)19-13(10(8)3)9(2)7-18-11(4)15/h6-7,9-12,15-18,25-27,31H,8,13-14,19-24H2,1-5H3;1-2,4-7,10-13,22H,3,8-9,14-17H2;6,8-10,13H,7H2,1-5H3/t25-,26-,27-,31?,34-;;8-,9-,10-,13?/m1.1/s1. The van der Waals surface area contributed by atoms with Crippen LogP contribution in [0.5, 0.6) is 0 Å². The van der Waals surface area contributed by atoms with E-state index in [1.807, 2.05) is 130 Å². The molecule has 1 fully saturated rings. The minimum Gasteiger partial charge on any atom is -0.483 e. The van der Waals surface area contributed by atoms with Gasteiger partial charge in [-0.25, -0.2) is 14.4 Å². The Hall–Kier alpha value is -6.92. The number of rotatable bonds is 29. The summed E-state index contributed by atoms with van der Waals surface area (Å²) in [6.45, 7) is 19.1. The Bertz CT molecular complexity index is 2620. The van der Waals surface area contributed by atoms with Gasteiger partial charge in [0.15, 0.2) is 5.78 Å². The lowest BCUT2D eigenvalue weighted by molar-refractivity contribution is -0.303. The van der Waals surface area contributed by atoms with Crippen LogP contribution < -0.4 is 0 Å². The highest BCUT2D eigenvalue weighted by atomic mass is 16.7. The molecule has 0 aliphatic carbocycles. The number of benzene rings is 4. The maximum atomic E-state index is 13.0. The fraction of sp³-hybridized carbons (Fsp3) is 0.529. The maximum absolute atomic E-state index is 13.0. The first-order valence-electron chi connectivity index (χ1n) is 29.9. The third-order valence-corrected chi connectivity index (χ3v) is 15.4. The lowest BCUT2D eigenvalue weighted by Crippen LogP contribution is -2.57. The molecule has 9 atom stereocenters. The van der Waals surface area contributed by atoms with Gasteiger partial charge in [-0.05, 0) is 91.5 Å². The number of carbonyl (C=O) groups excluding carboxylic acids is 6. The summed E-state index contributed by atoms with van der Waals surface area (Å²) in [5.41, 5.74) is 3.94. The molecule has 2 heterocycles. The van der Waals surface area contributed by atoms with E-state index in [2.05, 4.69) is 42.5 Å². The number of ketones is 1. The number of unbranched alkanes of at least 4 members (excludes halogenated alkanes) is 4. The van der Waals surface area contributed by atoms with Crippen LogP contribution in [0.1, 0.15) is 127 Å². The van der Waals surface area contributed by atoms with Crippen molar-refractivity contribution in [3.05, 3.63) is 155 Å². The fourth-order valence-electron chi connectivity index (χ4n) is 10.2. The molecule has 4 aromatic carbocycles. The summed E-state index contributed by atoms with van der Waals surface area (Å²) in [6.07, 6.45) is 6.25. The van der Waals surface area contributed by atoms with Crippen molar-refractivity contribution in [1.82, 2.24) is 9.80 Å². The second kappa shape index (κ2) is 38.2. The number of Topliss-reactive ketones (excluding diaryl/α,β-unsaturated/α-hetero) is 1. The van der Waals surface area contributed by atoms with Crippen molar-refractivity contribution in [2.75, 3.05) is 60.3 Å². The number of nitrogens with zero attached hydrogens (tertiary/aromatic N) is 2. The second-order valence-electron chi connectivity index (χ2n) is 22.4. The highest BCUT2D eigenvalue weighted by molar-refractivity contribution is 5.97. The molecule has 17 nitrogen and oxygen atoms in total. The molecular weight excluding hydrogens is 1080 g/mol. The molecule has 17 heteroatoms. The van der Waals surface area contributed by atoms with E-state index < -0.39 is 17.7 Å². The summed E-state index contributed by atoms with van der Waals surface area (Å²) in [4.78, 5) is 76.1. The molecule has 1 saturated heterocycles. The summed E-state index contributed by atoms with van der Waals surface area (Å²) in [5, 5.41) is 8.89. The molecule has 1 amide bonds. The topological polar surface area (TPSA) is 203 Å². The Morgan fingerprint density at radius 1 is 0.624 bits per heavy atom. The predicted molar refractivity (Wildman–Crippen MR) is 324 cm³/mol. The second-order valence-corrected chi connectivity index (χ2v) is 22.4. The van der Waals surface area contributed by atoms with Crippen molar-refractivity contribution >= 4 is 35.8 Å². The van der Waals surface area contributed by atoms with Crippen LogP contribution in [0, 0.1) is 35.5 Å². The van der Waals surface area contributed by atoms with E-state index in [1.165, 1.54) is 33.6 Å². The van der Waals surface area contributed by atoms with E-state index in [1.54, 1.807) is 11.0 Å². The van der Waals surface area contributed by atoms with Gasteiger partial charge in [-0.3, -0.25) is 19.3 Å². The lowest BCUT2D eigenvalue weighted by Gasteiger charge is -2.46. The van der Waals surface area contributed by atoms with Gasteiger partial charge in [-0.15, -0.1) is 0 Å². The largest absolute Gasteiger partial charge is 0.483 e. The Morgan fingerprint density at radius 2 is 1.15 bits per heavy atom. The quantitative estimate of drug-likeness (QED) is 0.0232. The van der Waals surface area contributed by atoms with Crippen LogP contribution in [0.4, 0.5) is 4.79 Å². The number of hydrogen-bond acceptors (Lipinski definition) is 16. The summed E-state index contributed by atoms with van der Waals surface area (Å²) in [5.74, 6) is -2.26. The van der Waals surface area contributed by atoms with Gasteiger partial charge in [0, 0.05) is 63.9 Å². The zero-order valence-electron chi connectivity index (χ0n) is 51.8. The Morgan fingerprint density at radius 3 is 1.71 bits per heavy atom. The summed E-state index contributed by atoms with van der Waals surface area (Å²) in [6, 6.07) is 39.1. The molecule has 0 aromatic heterocycles. The smallest absolute Gasteiger partial charge is 0.410 e. The summed E-state index contributed by atoms with van der Waals surface area (Å²) < 4.78 is 43.9. The Balaban J connectivity index is 0.000000307. The number of aliphatic hydroxyl groups excluding tert-OH is 1. The SMILES string of the molecule is COC(=O)C1=C[C@@H](C)[C@@H](C)C([C@H](C)COC(C)=O)O1.COC(=O)[C@@]1(OCCCCCN(Cc2ccccc2)C(=O)OCc2ccccc2)C[C@@H](C)[C@@H](C)C([C@H](C)COC(C)=O)O1.O=C(CN(CCCCCO)Cc1ccccc1)c1ccccc1. The molecule has 0 radical (unpaired) electrons. The van der Waals surface area contributed by atoms with Crippen molar-refractivity contribution in [1.29, 1.82) is 0 Å². The first-order valence-corrected chi connectivity index (χ1v) is 29.9. The number of methoxy groups -OCH3 is 2. The van der Waals surface area contributed by atoms with Crippen LogP contribution in [-0.2, 0) is 76.8 Å². The van der Waals surface area contributed by atoms with Crippen molar-refractivity contribution < 1.29 is 71.8 Å². The summed E-state index contributed by atoms with van der Waals surface area (Å²) in [7, 11) is 2.65. The molecule has 85 heavy (non-hydrogen) atoms. The van der Waals surface area contributed by atoms with Crippen molar-refractivity contribution in [2.24, 2.45) is 35.5 Å². The van der Waals surface area contributed by atoms with E-state index in [-0.39, 0.29) is 104 Å². The predicted octanol–water partition coefficient (Wildman–Crippen LogP) is 11.6. The molecule has 0 bridgehead atoms. The van der Waals surface area contributed by atoms with Gasteiger partial charge in [0.25, 0.3) is 5.79 Å². The number of carbonyl (C=O) groups is 6. The highest BCUT2D eigenvalue weighted by Gasteiger charge is 2.52. The van der Waals surface area contributed by atoms with E-state index in [9.17, 15) is 28.8 Å². The summed E-state index contributed by atoms with van der Waals surface area (Å²) >= 11 is 0. The molecule has 2 aliphatic heterocycles.